The van der Waals surface area contributed by atoms with Gasteiger partial charge in [0.25, 0.3) is 0 Å². The van der Waals surface area contributed by atoms with Gasteiger partial charge >= 0.3 is 5.97 Å². The van der Waals surface area contributed by atoms with Crippen molar-refractivity contribution in [1.82, 2.24) is 15.1 Å². The topological polar surface area (TPSA) is 101 Å². The van der Waals surface area contributed by atoms with E-state index in [9.17, 15) is 4.79 Å². The zero-order chi connectivity index (χ0) is 13.2. The van der Waals surface area contributed by atoms with Crippen LogP contribution in [0.15, 0.2) is 22.7 Å². The van der Waals surface area contributed by atoms with Crippen LogP contribution >= 0.6 is 0 Å². The van der Waals surface area contributed by atoms with Gasteiger partial charge in [-0.15, -0.1) is 0 Å². The van der Waals surface area contributed by atoms with Crippen molar-refractivity contribution in [1.29, 1.82) is 0 Å². The maximum Gasteiger partial charge on any atom is 0.354 e. The van der Waals surface area contributed by atoms with Crippen molar-refractivity contribution in [2.24, 2.45) is 0 Å². The van der Waals surface area contributed by atoms with Crippen molar-refractivity contribution >= 4 is 11.8 Å². The molecule has 2 aromatic heterocycles. The molecule has 1 aliphatic rings. The molecule has 0 saturated heterocycles. The fourth-order valence-electron chi connectivity index (χ4n) is 1.66. The first-order valence-electron chi connectivity index (χ1n) is 5.99. The number of hydrogen-bond donors (Lipinski definition) is 2. The molecule has 1 fully saturated rings. The Labute approximate surface area is 108 Å². The van der Waals surface area contributed by atoms with Crippen molar-refractivity contribution in [3.8, 4) is 0 Å². The molecule has 3 rings (SSSR count). The highest BCUT2D eigenvalue weighted by Crippen LogP contribution is 2.38. The molecule has 2 N–H and O–H groups in total. The maximum absolute atomic E-state index is 10.8. The standard InChI is InChI=1S/C12H12N4O3/c17-12(18)8-2-1-3-9(14-8)13-6-10-15-11(19-16-10)7-4-5-7/h1-3,7H,4-6H2,(H,13,14)(H,17,18). The van der Waals surface area contributed by atoms with E-state index in [2.05, 4.69) is 20.4 Å². The molecule has 0 radical (unpaired) electrons. The number of aromatic carboxylic acids is 1. The number of hydrogen-bond acceptors (Lipinski definition) is 6. The number of rotatable bonds is 5. The molecule has 7 nitrogen and oxygen atoms in total. The SMILES string of the molecule is O=C(O)c1cccc(NCc2noc(C3CC3)n2)n1. The highest BCUT2D eigenvalue weighted by atomic mass is 16.5. The van der Waals surface area contributed by atoms with Gasteiger partial charge in [-0.25, -0.2) is 9.78 Å². The van der Waals surface area contributed by atoms with Crippen molar-refractivity contribution in [3.63, 3.8) is 0 Å². The van der Waals surface area contributed by atoms with Gasteiger partial charge in [0.1, 0.15) is 5.82 Å². The molecule has 0 aliphatic heterocycles. The molecule has 0 atom stereocenters. The first-order chi connectivity index (χ1) is 9.22. The molecule has 19 heavy (non-hydrogen) atoms. The number of carboxylic acid groups (broad SMARTS) is 1. The molecule has 1 saturated carbocycles. The van der Waals surface area contributed by atoms with E-state index >= 15 is 0 Å². The number of aromatic nitrogens is 3. The van der Waals surface area contributed by atoms with Crippen molar-refractivity contribution in [2.75, 3.05) is 5.32 Å². The lowest BCUT2D eigenvalue weighted by molar-refractivity contribution is 0.0690. The lowest BCUT2D eigenvalue weighted by Gasteiger charge is -2.02. The predicted molar refractivity (Wildman–Crippen MR) is 64.8 cm³/mol. The fraction of sp³-hybridized carbons (Fsp3) is 0.333. The molecule has 0 bridgehead atoms. The number of nitrogens with zero attached hydrogens (tertiary/aromatic N) is 3. The molecule has 0 aromatic carbocycles. The Morgan fingerprint density at radius 1 is 1.42 bits per heavy atom. The summed E-state index contributed by atoms with van der Waals surface area (Å²) in [5.74, 6) is 1.07. The van der Waals surface area contributed by atoms with E-state index in [4.69, 9.17) is 9.63 Å². The van der Waals surface area contributed by atoms with Gasteiger partial charge in [-0.1, -0.05) is 11.2 Å². The predicted octanol–water partition coefficient (Wildman–Crippen LogP) is 1.65. The van der Waals surface area contributed by atoms with E-state index < -0.39 is 5.97 Å². The van der Waals surface area contributed by atoms with Gasteiger partial charge in [-0.3, -0.25) is 0 Å². The van der Waals surface area contributed by atoms with Crippen LogP contribution in [0.2, 0.25) is 0 Å². The zero-order valence-electron chi connectivity index (χ0n) is 10.0. The van der Waals surface area contributed by atoms with Crippen molar-refractivity contribution < 1.29 is 14.4 Å². The van der Waals surface area contributed by atoms with Crippen LogP contribution in [-0.4, -0.2) is 26.2 Å². The second kappa shape index (κ2) is 4.68. The van der Waals surface area contributed by atoms with Crippen LogP contribution in [0.1, 0.15) is 41.0 Å². The van der Waals surface area contributed by atoms with E-state index in [1.54, 1.807) is 12.1 Å². The lowest BCUT2D eigenvalue weighted by Crippen LogP contribution is -2.06. The van der Waals surface area contributed by atoms with Gasteiger partial charge in [0.2, 0.25) is 5.89 Å². The summed E-state index contributed by atoms with van der Waals surface area (Å²) in [7, 11) is 0. The minimum Gasteiger partial charge on any atom is -0.477 e. The Morgan fingerprint density at radius 3 is 3.00 bits per heavy atom. The van der Waals surface area contributed by atoms with E-state index in [-0.39, 0.29) is 5.69 Å². The van der Waals surface area contributed by atoms with Gasteiger partial charge in [-0.2, -0.15) is 4.98 Å². The average molecular weight is 260 g/mol. The van der Waals surface area contributed by atoms with Gasteiger partial charge in [0, 0.05) is 5.92 Å². The number of carboxylic acids is 1. The first-order valence-corrected chi connectivity index (χ1v) is 5.99. The van der Waals surface area contributed by atoms with Gasteiger partial charge in [-0.05, 0) is 25.0 Å². The van der Waals surface area contributed by atoms with E-state index in [0.717, 1.165) is 12.8 Å². The van der Waals surface area contributed by atoms with Crippen LogP contribution in [0.5, 0.6) is 0 Å². The summed E-state index contributed by atoms with van der Waals surface area (Å²) < 4.78 is 5.12. The summed E-state index contributed by atoms with van der Waals surface area (Å²) in [5, 5.41) is 15.7. The fourth-order valence-corrected chi connectivity index (χ4v) is 1.66. The average Bonchev–Trinajstić information content (AvgIpc) is 3.16. The minimum absolute atomic E-state index is 0.00298. The Balaban J connectivity index is 1.64. The van der Waals surface area contributed by atoms with Crippen LogP contribution in [0.4, 0.5) is 5.82 Å². The number of anilines is 1. The summed E-state index contributed by atoms with van der Waals surface area (Å²) >= 11 is 0. The van der Waals surface area contributed by atoms with Crippen LogP contribution in [0.25, 0.3) is 0 Å². The number of pyridine rings is 1. The van der Waals surface area contributed by atoms with Crippen LogP contribution in [0.3, 0.4) is 0 Å². The summed E-state index contributed by atoms with van der Waals surface area (Å²) in [4.78, 5) is 19.0. The Morgan fingerprint density at radius 2 is 2.26 bits per heavy atom. The molecule has 2 aromatic rings. The normalized spacial score (nSPS) is 14.3. The molecule has 0 spiro atoms. The second-order valence-electron chi connectivity index (χ2n) is 4.39. The molecule has 0 amide bonds. The molecule has 0 unspecified atom stereocenters. The summed E-state index contributed by atoms with van der Waals surface area (Å²) in [5.41, 5.74) is -0.00298. The van der Waals surface area contributed by atoms with E-state index in [0.29, 0.717) is 30.0 Å². The summed E-state index contributed by atoms with van der Waals surface area (Å²) in [6.45, 7) is 0.353. The molecule has 98 valence electrons. The van der Waals surface area contributed by atoms with Crippen LogP contribution in [-0.2, 0) is 6.54 Å². The first kappa shape index (κ1) is 11.6. The third kappa shape index (κ3) is 2.70. The molecule has 1 aliphatic carbocycles. The van der Waals surface area contributed by atoms with Gasteiger partial charge < -0.3 is 14.9 Å². The highest BCUT2D eigenvalue weighted by molar-refractivity contribution is 5.85. The number of carbonyl (C=O) groups is 1. The second-order valence-corrected chi connectivity index (χ2v) is 4.39. The molecule has 2 heterocycles. The Bertz CT molecular complexity index is 607. The highest BCUT2D eigenvalue weighted by Gasteiger charge is 2.29. The Hall–Kier alpha value is -2.44. The maximum atomic E-state index is 10.8. The monoisotopic (exact) mass is 260 g/mol. The van der Waals surface area contributed by atoms with Crippen molar-refractivity contribution in [2.45, 2.75) is 25.3 Å². The molecule has 7 heteroatoms. The summed E-state index contributed by atoms with van der Waals surface area (Å²) in [6, 6.07) is 4.76. The van der Waals surface area contributed by atoms with Crippen molar-refractivity contribution in [3.05, 3.63) is 35.6 Å². The molecular weight excluding hydrogens is 248 g/mol. The molecular formula is C12H12N4O3. The van der Waals surface area contributed by atoms with Gasteiger partial charge in [0.05, 0.1) is 6.54 Å². The third-order valence-electron chi connectivity index (χ3n) is 2.81. The third-order valence-corrected chi connectivity index (χ3v) is 2.81. The largest absolute Gasteiger partial charge is 0.477 e. The quantitative estimate of drug-likeness (QED) is 0.842. The van der Waals surface area contributed by atoms with Crippen LogP contribution < -0.4 is 5.32 Å². The Kier molecular flexibility index (Phi) is 2.86. The van der Waals surface area contributed by atoms with Crippen LogP contribution in [0, 0.1) is 0 Å². The number of nitrogens with one attached hydrogen (secondary N) is 1. The smallest absolute Gasteiger partial charge is 0.354 e. The van der Waals surface area contributed by atoms with E-state index in [1.807, 2.05) is 0 Å². The minimum atomic E-state index is -1.06. The summed E-state index contributed by atoms with van der Waals surface area (Å²) in [6.07, 6.45) is 2.22. The lowest BCUT2D eigenvalue weighted by atomic mass is 10.3. The van der Waals surface area contributed by atoms with Gasteiger partial charge in [0.15, 0.2) is 11.5 Å². The zero-order valence-corrected chi connectivity index (χ0v) is 10.0. The van der Waals surface area contributed by atoms with E-state index in [1.165, 1.54) is 6.07 Å².